The zero-order valence-corrected chi connectivity index (χ0v) is 15.2. The van der Waals surface area contributed by atoms with Crippen molar-refractivity contribution >= 4 is 33.4 Å². The third kappa shape index (κ3) is 2.98. The first kappa shape index (κ1) is 17.0. The highest BCUT2D eigenvalue weighted by atomic mass is 32.1. The van der Waals surface area contributed by atoms with Crippen molar-refractivity contribution in [3.8, 4) is 17.7 Å². The number of hydrogen-bond donors (Lipinski definition) is 0. The number of benzene rings is 2. The van der Waals surface area contributed by atoms with Crippen LogP contribution in [0.5, 0.6) is 11.6 Å². The summed E-state index contributed by atoms with van der Waals surface area (Å²) in [6.45, 7) is 3.75. The van der Waals surface area contributed by atoms with Gasteiger partial charge in [0.1, 0.15) is 11.5 Å². The molecule has 0 fully saturated rings. The van der Waals surface area contributed by atoms with Crippen molar-refractivity contribution < 1.29 is 14.4 Å². The Morgan fingerprint density at radius 3 is 2.85 bits per heavy atom. The van der Waals surface area contributed by atoms with Crippen molar-refractivity contribution in [1.29, 1.82) is 5.26 Å². The molecule has 0 unspecified atom stereocenters. The van der Waals surface area contributed by atoms with Crippen molar-refractivity contribution in [3.63, 3.8) is 0 Å². The molecule has 0 saturated heterocycles. The monoisotopic (exact) mass is 379 g/mol. The lowest BCUT2D eigenvalue weighted by Crippen LogP contribution is -2.35. The summed E-state index contributed by atoms with van der Waals surface area (Å²) < 4.78 is 17.0. The van der Waals surface area contributed by atoms with Crippen LogP contribution in [0.25, 0.3) is 16.2 Å². The number of hydrogen-bond acceptors (Lipinski definition) is 7. The van der Waals surface area contributed by atoms with Crippen LogP contribution in [0, 0.1) is 21.4 Å². The van der Waals surface area contributed by atoms with Gasteiger partial charge in [0, 0.05) is 17.7 Å². The van der Waals surface area contributed by atoms with Crippen molar-refractivity contribution in [2.45, 2.75) is 19.4 Å². The predicted octanol–water partition coefficient (Wildman–Crippen LogP) is 4.67. The quantitative estimate of drug-likeness (QED) is 0.484. The Labute approximate surface area is 158 Å². The summed E-state index contributed by atoms with van der Waals surface area (Å²) in [5, 5.41) is 20.7. The number of nitriles is 1. The minimum atomic E-state index is -0.738. The number of ether oxygens (including phenoxy) is 2. The molecule has 0 atom stereocenters. The largest absolute Gasteiger partial charge is 0.479 e. The summed E-state index contributed by atoms with van der Waals surface area (Å²) in [7, 11) is 0. The number of aromatic nitrogens is 1. The molecule has 2 aromatic carbocycles. The molecule has 4 rings (SSSR count). The van der Waals surface area contributed by atoms with Crippen molar-refractivity contribution in [3.05, 3.63) is 63.4 Å². The van der Waals surface area contributed by atoms with E-state index in [1.807, 2.05) is 19.9 Å². The van der Waals surface area contributed by atoms with Crippen LogP contribution in [0.4, 0.5) is 5.69 Å². The van der Waals surface area contributed by atoms with Crippen molar-refractivity contribution in [1.82, 2.24) is 4.37 Å². The molecule has 1 aliphatic rings. The summed E-state index contributed by atoms with van der Waals surface area (Å²) in [5.41, 5.74) is 0.548. The minimum absolute atomic E-state index is 0.0104. The fourth-order valence-corrected chi connectivity index (χ4v) is 3.55. The molecule has 7 nitrogen and oxygen atoms in total. The van der Waals surface area contributed by atoms with E-state index in [2.05, 4.69) is 10.4 Å². The Kier molecular flexibility index (Phi) is 3.82. The van der Waals surface area contributed by atoms with Gasteiger partial charge in [0.15, 0.2) is 5.60 Å². The van der Waals surface area contributed by atoms with Gasteiger partial charge in [0.25, 0.3) is 5.69 Å². The maximum absolute atomic E-state index is 10.9. The van der Waals surface area contributed by atoms with Gasteiger partial charge in [-0.15, -0.1) is 0 Å². The van der Waals surface area contributed by atoms with Crippen LogP contribution in [0.2, 0.25) is 0 Å². The van der Waals surface area contributed by atoms with Gasteiger partial charge < -0.3 is 9.47 Å². The number of nitro benzene ring substituents is 1. The molecule has 0 spiro atoms. The molecule has 8 heteroatoms. The van der Waals surface area contributed by atoms with E-state index in [9.17, 15) is 10.1 Å². The standard InChI is InChI=1S/C19H13N3O4S/c1-19(2)17(8-12-7-11(10-20)3-6-15(12)26-19)25-18-14-5-4-13(22(23)24)9-16(14)27-21-18/h3-9H,1-2H3. The van der Waals surface area contributed by atoms with E-state index in [1.54, 1.807) is 24.3 Å². The van der Waals surface area contributed by atoms with Crippen LogP contribution in [0.15, 0.2) is 42.2 Å². The van der Waals surface area contributed by atoms with Gasteiger partial charge in [-0.25, -0.2) is 0 Å². The lowest BCUT2D eigenvalue weighted by molar-refractivity contribution is -0.384. The topological polar surface area (TPSA) is 98.3 Å². The Hall–Kier alpha value is -3.44. The number of fused-ring (bicyclic) bond motifs is 2. The molecule has 0 amide bonds. The predicted molar refractivity (Wildman–Crippen MR) is 101 cm³/mol. The fraction of sp³-hybridized carbons (Fsp3) is 0.158. The van der Waals surface area contributed by atoms with E-state index in [-0.39, 0.29) is 5.69 Å². The molecule has 0 radical (unpaired) electrons. The summed E-state index contributed by atoms with van der Waals surface area (Å²) in [5.74, 6) is 1.58. The molecule has 0 saturated carbocycles. The van der Waals surface area contributed by atoms with Crippen LogP contribution >= 0.6 is 11.5 Å². The van der Waals surface area contributed by atoms with E-state index in [1.165, 1.54) is 12.1 Å². The second-order valence-corrected chi connectivity index (χ2v) is 7.32. The Morgan fingerprint density at radius 1 is 1.30 bits per heavy atom. The minimum Gasteiger partial charge on any atom is -0.479 e. The van der Waals surface area contributed by atoms with Crippen LogP contribution in [0.1, 0.15) is 25.0 Å². The number of non-ortho nitro benzene ring substituents is 1. The van der Waals surface area contributed by atoms with E-state index in [4.69, 9.17) is 14.7 Å². The van der Waals surface area contributed by atoms with E-state index < -0.39 is 10.5 Å². The molecule has 0 bridgehead atoms. The molecule has 3 aromatic rings. The first-order valence-electron chi connectivity index (χ1n) is 8.04. The SMILES string of the molecule is CC1(C)Oc2ccc(C#N)cc2C=C1Oc1nsc2cc([N+](=O)[O-])ccc12. The van der Waals surface area contributed by atoms with Gasteiger partial charge in [-0.2, -0.15) is 9.64 Å². The second kappa shape index (κ2) is 6.07. The number of nitro groups is 1. The molecule has 27 heavy (non-hydrogen) atoms. The average Bonchev–Trinajstić information content (AvgIpc) is 3.03. The third-order valence-electron chi connectivity index (χ3n) is 4.22. The zero-order chi connectivity index (χ0) is 19.2. The Morgan fingerprint density at radius 2 is 2.11 bits per heavy atom. The number of nitrogens with zero attached hydrogens (tertiary/aromatic N) is 3. The van der Waals surface area contributed by atoms with Crippen molar-refractivity contribution in [2.24, 2.45) is 0 Å². The Bertz CT molecular complexity index is 1160. The van der Waals surface area contributed by atoms with E-state index in [0.29, 0.717) is 33.0 Å². The third-order valence-corrected chi connectivity index (χ3v) is 5.02. The lowest BCUT2D eigenvalue weighted by Gasteiger charge is -2.32. The average molecular weight is 379 g/mol. The molecule has 0 N–H and O–H groups in total. The van der Waals surface area contributed by atoms with Gasteiger partial charge in [0.05, 0.1) is 26.6 Å². The lowest BCUT2D eigenvalue weighted by atomic mass is 9.98. The summed E-state index contributed by atoms with van der Waals surface area (Å²) in [4.78, 5) is 10.5. The highest BCUT2D eigenvalue weighted by Crippen LogP contribution is 2.39. The molecule has 1 aliphatic heterocycles. The highest BCUT2D eigenvalue weighted by Gasteiger charge is 2.33. The molecule has 1 aromatic heterocycles. The molecular weight excluding hydrogens is 366 g/mol. The number of rotatable bonds is 3. The first-order chi connectivity index (χ1) is 12.9. The maximum atomic E-state index is 10.9. The highest BCUT2D eigenvalue weighted by molar-refractivity contribution is 7.13. The van der Waals surface area contributed by atoms with Gasteiger partial charge in [0.2, 0.25) is 5.88 Å². The molecule has 0 aliphatic carbocycles. The fourth-order valence-electron chi connectivity index (χ4n) is 2.81. The van der Waals surface area contributed by atoms with E-state index in [0.717, 1.165) is 17.1 Å². The normalized spacial score (nSPS) is 14.6. The van der Waals surface area contributed by atoms with Crippen LogP contribution in [-0.4, -0.2) is 14.9 Å². The summed E-state index contributed by atoms with van der Waals surface area (Å²) >= 11 is 1.14. The Balaban J connectivity index is 1.74. The molecule has 2 heterocycles. The van der Waals surface area contributed by atoms with Gasteiger partial charge in [-0.05, 0) is 55.7 Å². The van der Waals surface area contributed by atoms with Crippen LogP contribution in [0.3, 0.4) is 0 Å². The molecule has 134 valence electrons. The van der Waals surface area contributed by atoms with Gasteiger partial charge in [-0.1, -0.05) is 0 Å². The van der Waals surface area contributed by atoms with Crippen molar-refractivity contribution in [2.75, 3.05) is 0 Å². The second-order valence-electron chi connectivity index (χ2n) is 6.51. The zero-order valence-electron chi connectivity index (χ0n) is 14.4. The summed E-state index contributed by atoms with van der Waals surface area (Å²) in [6, 6.07) is 11.8. The van der Waals surface area contributed by atoms with E-state index >= 15 is 0 Å². The van der Waals surface area contributed by atoms with Gasteiger partial charge >= 0.3 is 0 Å². The molecular formula is C19H13N3O4S. The van der Waals surface area contributed by atoms with Gasteiger partial charge in [-0.3, -0.25) is 10.1 Å². The first-order valence-corrected chi connectivity index (χ1v) is 8.82. The smallest absolute Gasteiger partial charge is 0.270 e. The summed E-state index contributed by atoms with van der Waals surface area (Å²) in [6.07, 6.45) is 1.83. The van der Waals surface area contributed by atoms with Crippen LogP contribution < -0.4 is 9.47 Å². The van der Waals surface area contributed by atoms with Crippen LogP contribution in [-0.2, 0) is 0 Å². The maximum Gasteiger partial charge on any atom is 0.270 e.